The number of amides is 1. The molecule has 0 saturated carbocycles. The molecule has 0 aliphatic carbocycles. The lowest BCUT2D eigenvalue weighted by molar-refractivity contribution is 0.0701. The summed E-state index contributed by atoms with van der Waals surface area (Å²) in [5.41, 5.74) is 0.831. The van der Waals surface area contributed by atoms with Gasteiger partial charge in [-0.15, -0.1) is 11.3 Å². The van der Waals surface area contributed by atoms with Gasteiger partial charge in [0, 0.05) is 0 Å². The summed E-state index contributed by atoms with van der Waals surface area (Å²) in [6.45, 7) is 1.80. The Hall–Kier alpha value is -1.67. The van der Waals surface area contributed by atoms with Crippen molar-refractivity contribution < 1.29 is 19.1 Å². The predicted molar refractivity (Wildman–Crippen MR) is 71.4 cm³/mol. The second kappa shape index (κ2) is 5.54. The van der Waals surface area contributed by atoms with Crippen LogP contribution in [0.5, 0.6) is 0 Å². The number of aromatic carboxylic acids is 1. The quantitative estimate of drug-likeness (QED) is 0.888. The highest BCUT2D eigenvalue weighted by atomic mass is 79.9. The van der Waals surface area contributed by atoms with Gasteiger partial charge in [0.05, 0.1) is 24.1 Å². The van der Waals surface area contributed by atoms with E-state index in [1.54, 1.807) is 6.92 Å². The molecule has 0 aliphatic heterocycles. The Morgan fingerprint density at radius 2 is 2.32 bits per heavy atom. The summed E-state index contributed by atoms with van der Waals surface area (Å²) in [5, 5.41) is 12.1. The van der Waals surface area contributed by atoms with Crippen LogP contribution in [-0.4, -0.2) is 22.0 Å². The molecule has 0 fully saturated rings. The first kappa shape index (κ1) is 13.8. The summed E-state index contributed by atoms with van der Waals surface area (Å²) in [7, 11) is 0. The zero-order valence-electron chi connectivity index (χ0n) is 9.77. The lowest BCUT2D eigenvalue weighted by Gasteiger charge is -2.00. The molecule has 100 valence electrons. The van der Waals surface area contributed by atoms with Crippen LogP contribution in [-0.2, 0) is 6.54 Å². The van der Waals surface area contributed by atoms with Crippen molar-refractivity contribution in [2.45, 2.75) is 13.5 Å². The Balaban J connectivity index is 2.03. The third-order valence-corrected chi connectivity index (χ3v) is 4.06. The number of nitrogens with zero attached hydrogens (tertiary/aromatic N) is 1. The van der Waals surface area contributed by atoms with E-state index in [2.05, 4.69) is 26.2 Å². The fourth-order valence-electron chi connectivity index (χ4n) is 1.43. The molecule has 2 aromatic rings. The van der Waals surface area contributed by atoms with Crippen LogP contribution in [0.15, 0.2) is 21.4 Å². The van der Waals surface area contributed by atoms with Gasteiger partial charge in [-0.1, -0.05) is 0 Å². The molecule has 0 atom stereocenters. The lowest BCUT2D eigenvalue weighted by atomic mass is 10.3. The van der Waals surface area contributed by atoms with Crippen LogP contribution in [0.25, 0.3) is 0 Å². The number of carbonyl (C=O) groups excluding carboxylic acids is 1. The van der Waals surface area contributed by atoms with Gasteiger partial charge in [0.2, 0.25) is 0 Å². The van der Waals surface area contributed by atoms with Crippen molar-refractivity contribution in [3.05, 3.63) is 38.1 Å². The first-order valence-electron chi connectivity index (χ1n) is 5.20. The number of rotatable bonds is 4. The topological polar surface area (TPSA) is 92.4 Å². The molecule has 8 heteroatoms. The van der Waals surface area contributed by atoms with Crippen molar-refractivity contribution in [3.8, 4) is 0 Å². The molecule has 1 amide bonds. The van der Waals surface area contributed by atoms with E-state index < -0.39 is 5.97 Å². The summed E-state index contributed by atoms with van der Waals surface area (Å²) in [6, 6.07) is 1.54. The maximum Gasteiger partial charge on any atom is 0.347 e. The molecular weight excluding hydrogens is 336 g/mol. The Labute approximate surface area is 120 Å². The SMILES string of the molecule is Cc1nc(CNC(=O)c2ccoc2Br)sc1C(=O)O. The number of thiazole rings is 1. The fourth-order valence-corrected chi connectivity index (χ4v) is 2.70. The number of aromatic nitrogens is 1. The number of furan rings is 1. The monoisotopic (exact) mass is 344 g/mol. The van der Waals surface area contributed by atoms with E-state index in [-0.39, 0.29) is 17.3 Å². The maximum absolute atomic E-state index is 11.8. The van der Waals surface area contributed by atoms with Gasteiger partial charge in [-0.25, -0.2) is 9.78 Å². The van der Waals surface area contributed by atoms with Crippen LogP contribution in [0.1, 0.15) is 30.7 Å². The first-order valence-corrected chi connectivity index (χ1v) is 6.80. The molecule has 0 spiro atoms. The number of carboxylic acid groups (broad SMARTS) is 1. The molecule has 2 N–H and O–H groups in total. The molecular formula is C11H9BrN2O4S. The third kappa shape index (κ3) is 3.02. The molecule has 0 saturated heterocycles. The van der Waals surface area contributed by atoms with Crippen LogP contribution < -0.4 is 5.32 Å². The van der Waals surface area contributed by atoms with E-state index in [0.717, 1.165) is 11.3 Å². The van der Waals surface area contributed by atoms with Crippen LogP contribution in [0, 0.1) is 6.92 Å². The summed E-state index contributed by atoms with van der Waals surface area (Å²) in [4.78, 5) is 26.9. The number of halogens is 1. The molecule has 0 unspecified atom stereocenters. The smallest absolute Gasteiger partial charge is 0.347 e. The molecule has 19 heavy (non-hydrogen) atoms. The molecule has 0 aromatic carbocycles. The van der Waals surface area contributed by atoms with Crippen LogP contribution in [0.2, 0.25) is 0 Å². The molecule has 0 aliphatic rings. The number of carboxylic acids is 1. The van der Waals surface area contributed by atoms with Gasteiger partial charge in [-0.3, -0.25) is 4.79 Å². The van der Waals surface area contributed by atoms with Crippen molar-refractivity contribution in [2.75, 3.05) is 0 Å². The van der Waals surface area contributed by atoms with E-state index >= 15 is 0 Å². The highest BCUT2D eigenvalue weighted by Gasteiger charge is 2.16. The van der Waals surface area contributed by atoms with E-state index in [0.29, 0.717) is 20.9 Å². The van der Waals surface area contributed by atoms with Gasteiger partial charge in [0.15, 0.2) is 4.67 Å². The van der Waals surface area contributed by atoms with Gasteiger partial charge in [0.1, 0.15) is 9.88 Å². The van der Waals surface area contributed by atoms with E-state index in [9.17, 15) is 9.59 Å². The number of nitrogens with one attached hydrogen (secondary N) is 1. The zero-order chi connectivity index (χ0) is 14.0. The summed E-state index contributed by atoms with van der Waals surface area (Å²) in [6.07, 6.45) is 1.40. The average Bonchev–Trinajstić information content (AvgIpc) is 2.92. The van der Waals surface area contributed by atoms with Crippen LogP contribution >= 0.6 is 27.3 Å². The maximum atomic E-state index is 11.8. The average molecular weight is 345 g/mol. The molecule has 0 bridgehead atoms. The Kier molecular flexibility index (Phi) is 4.01. The van der Waals surface area contributed by atoms with Crippen molar-refractivity contribution in [2.24, 2.45) is 0 Å². The summed E-state index contributed by atoms with van der Waals surface area (Å²) < 4.78 is 5.31. The lowest BCUT2D eigenvalue weighted by Crippen LogP contribution is -2.22. The van der Waals surface area contributed by atoms with Gasteiger partial charge < -0.3 is 14.8 Å². The normalized spacial score (nSPS) is 10.4. The number of carbonyl (C=O) groups is 2. The van der Waals surface area contributed by atoms with E-state index in [1.165, 1.54) is 12.3 Å². The number of hydrogen-bond acceptors (Lipinski definition) is 5. The Morgan fingerprint density at radius 1 is 1.58 bits per heavy atom. The second-order valence-electron chi connectivity index (χ2n) is 3.62. The van der Waals surface area contributed by atoms with Crippen molar-refractivity contribution in [1.29, 1.82) is 0 Å². The zero-order valence-corrected chi connectivity index (χ0v) is 12.2. The Morgan fingerprint density at radius 3 is 2.84 bits per heavy atom. The van der Waals surface area contributed by atoms with Crippen molar-refractivity contribution >= 4 is 39.1 Å². The van der Waals surface area contributed by atoms with Gasteiger partial charge >= 0.3 is 5.97 Å². The highest BCUT2D eigenvalue weighted by molar-refractivity contribution is 9.10. The van der Waals surface area contributed by atoms with E-state index in [4.69, 9.17) is 9.52 Å². The van der Waals surface area contributed by atoms with Gasteiger partial charge in [0.25, 0.3) is 5.91 Å². The second-order valence-corrected chi connectivity index (χ2v) is 5.42. The number of aryl methyl sites for hydroxylation is 1. The minimum absolute atomic E-state index is 0.176. The highest BCUT2D eigenvalue weighted by Crippen LogP contribution is 2.19. The van der Waals surface area contributed by atoms with Gasteiger partial charge in [-0.2, -0.15) is 0 Å². The Bertz CT molecular complexity index is 634. The van der Waals surface area contributed by atoms with Crippen LogP contribution in [0.4, 0.5) is 0 Å². The minimum Gasteiger partial charge on any atom is -0.477 e. The standard InChI is InChI=1S/C11H9BrN2O4S/c1-5-8(11(16)17)19-7(14-5)4-13-10(15)6-2-3-18-9(6)12/h2-3H,4H2,1H3,(H,13,15)(H,16,17). The molecule has 2 heterocycles. The predicted octanol–water partition coefficient (Wildman–Crippen LogP) is 2.44. The van der Waals surface area contributed by atoms with Crippen molar-refractivity contribution in [3.63, 3.8) is 0 Å². The largest absolute Gasteiger partial charge is 0.477 e. The fraction of sp³-hybridized carbons (Fsp3) is 0.182. The number of hydrogen-bond donors (Lipinski definition) is 2. The summed E-state index contributed by atoms with van der Waals surface area (Å²) >= 11 is 4.16. The van der Waals surface area contributed by atoms with E-state index in [1.807, 2.05) is 0 Å². The van der Waals surface area contributed by atoms with Crippen molar-refractivity contribution in [1.82, 2.24) is 10.3 Å². The van der Waals surface area contributed by atoms with Gasteiger partial charge in [-0.05, 0) is 28.9 Å². The minimum atomic E-state index is -1.01. The molecule has 6 nitrogen and oxygen atoms in total. The first-order chi connectivity index (χ1) is 8.99. The molecule has 2 aromatic heterocycles. The molecule has 2 rings (SSSR count). The molecule has 0 radical (unpaired) electrons. The third-order valence-electron chi connectivity index (χ3n) is 2.30. The summed E-state index contributed by atoms with van der Waals surface area (Å²) in [5.74, 6) is -1.32. The van der Waals surface area contributed by atoms with Crippen LogP contribution in [0.3, 0.4) is 0 Å².